The Hall–Kier alpha value is 0.270. The Labute approximate surface area is 187 Å². The van der Waals surface area contributed by atoms with Crippen molar-refractivity contribution in [2.75, 3.05) is 57.9 Å². The Kier molecular flexibility index (Phi) is 10.5. The summed E-state index contributed by atoms with van der Waals surface area (Å²) >= 11 is 2.09. The molecule has 158 valence electrons. The van der Waals surface area contributed by atoms with E-state index in [9.17, 15) is 0 Å². The number of hydrogen-bond acceptors (Lipinski definition) is 4. The van der Waals surface area contributed by atoms with Gasteiger partial charge in [0.2, 0.25) is 0 Å². The van der Waals surface area contributed by atoms with Gasteiger partial charge in [0.15, 0.2) is 5.96 Å². The Morgan fingerprint density at radius 3 is 2.74 bits per heavy atom. The van der Waals surface area contributed by atoms with E-state index in [2.05, 4.69) is 39.2 Å². The largest absolute Gasteiger partial charge is 0.379 e. The van der Waals surface area contributed by atoms with Crippen LogP contribution in [0.25, 0.3) is 0 Å². The topological polar surface area (TPSA) is 48.9 Å². The van der Waals surface area contributed by atoms with Crippen molar-refractivity contribution in [3.8, 4) is 0 Å². The molecule has 0 radical (unpaired) electrons. The van der Waals surface area contributed by atoms with Crippen LogP contribution in [0.2, 0.25) is 0 Å². The van der Waals surface area contributed by atoms with E-state index in [1.54, 1.807) is 0 Å². The first kappa shape index (κ1) is 23.5. The van der Waals surface area contributed by atoms with Crippen molar-refractivity contribution in [1.29, 1.82) is 0 Å². The van der Waals surface area contributed by atoms with Crippen molar-refractivity contribution in [1.82, 2.24) is 15.5 Å². The molecule has 5 nitrogen and oxygen atoms in total. The predicted molar refractivity (Wildman–Crippen MR) is 128 cm³/mol. The highest BCUT2D eigenvalue weighted by molar-refractivity contribution is 14.0. The number of thioether (sulfide) groups is 1. The number of hydrogen-bond donors (Lipinski definition) is 2. The Morgan fingerprint density at radius 2 is 2.07 bits per heavy atom. The average Bonchev–Trinajstić information content (AvgIpc) is 3.15. The van der Waals surface area contributed by atoms with Gasteiger partial charge in [0.05, 0.1) is 13.2 Å². The molecular weight excluding hydrogens is 471 g/mol. The number of rotatable bonds is 6. The second-order valence-corrected chi connectivity index (χ2v) is 9.51. The fraction of sp³-hybridized carbons (Fsp3) is 0.950. The highest BCUT2D eigenvalue weighted by Crippen LogP contribution is 2.33. The average molecular weight is 511 g/mol. The second-order valence-electron chi connectivity index (χ2n) is 8.41. The Bertz CT molecular complexity index is 453. The molecule has 0 aromatic heterocycles. The zero-order valence-electron chi connectivity index (χ0n) is 17.2. The SMILES string of the molecule is CN=C(NCCC1CCCC(C)C1)NCC1(N2CCOCC2)CCSC1.I. The van der Waals surface area contributed by atoms with E-state index in [0.29, 0.717) is 0 Å². The predicted octanol–water partition coefficient (Wildman–Crippen LogP) is 3.19. The van der Waals surface area contributed by atoms with Crippen LogP contribution in [-0.4, -0.2) is 74.3 Å². The van der Waals surface area contributed by atoms with Gasteiger partial charge in [-0.25, -0.2) is 0 Å². The number of guanidine groups is 1. The smallest absolute Gasteiger partial charge is 0.191 e. The van der Waals surface area contributed by atoms with Crippen molar-refractivity contribution in [3.63, 3.8) is 0 Å². The van der Waals surface area contributed by atoms with Crippen LogP contribution in [-0.2, 0) is 4.74 Å². The van der Waals surface area contributed by atoms with Crippen molar-refractivity contribution in [2.24, 2.45) is 16.8 Å². The number of halogens is 1. The zero-order valence-corrected chi connectivity index (χ0v) is 20.3. The summed E-state index contributed by atoms with van der Waals surface area (Å²) in [7, 11) is 1.89. The summed E-state index contributed by atoms with van der Waals surface area (Å²) in [4.78, 5) is 7.12. The summed E-state index contributed by atoms with van der Waals surface area (Å²) in [5, 5.41) is 7.20. The van der Waals surface area contributed by atoms with Gasteiger partial charge in [-0.1, -0.05) is 26.2 Å². The van der Waals surface area contributed by atoms with E-state index >= 15 is 0 Å². The maximum Gasteiger partial charge on any atom is 0.191 e. The lowest BCUT2D eigenvalue weighted by Crippen LogP contribution is -2.60. The summed E-state index contributed by atoms with van der Waals surface area (Å²) in [6.45, 7) is 8.31. The normalized spacial score (nSPS) is 32.7. The molecule has 0 bridgehead atoms. The molecule has 2 N–H and O–H groups in total. The molecule has 3 atom stereocenters. The van der Waals surface area contributed by atoms with Crippen molar-refractivity contribution in [2.45, 2.75) is 51.0 Å². The number of ether oxygens (including phenoxy) is 1. The second kappa shape index (κ2) is 12.1. The zero-order chi connectivity index (χ0) is 18.2. The molecule has 27 heavy (non-hydrogen) atoms. The van der Waals surface area contributed by atoms with Crippen LogP contribution < -0.4 is 10.6 Å². The lowest BCUT2D eigenvalue weighted by atomic mass is 9.81. The molecule has 0 amide bonds. The van der Waals surface area contributed by atoms with E-state index in [-0.39, 0.29) is 29.5 Å². The monoisotopic (exact) mass is 510 g/mol. The van der Waals surface area contributed by atoms with Gasteiger partial charge in [-0.2, -0.15) is 11.8 Å². The van der Waals surface area contributed by atoms with E-state index in [4.69, 9.17) is 4.74 Å². The number of morpholine rings is 1. The lowest BCUT2D eigenvalue weighted by Gasteiger charge is -2.43. The molecule has 1 aliphatic carbocycles. The van der Waals surface area contributed by atoms with Crippen LogP contribution in [0.1, 0.15) is 45.4 Å². The summed E-state index contributed by atoms with van der Waals surface area (Å²) in [5.41, 5.74) is 0.269. The minimum absolute atomic E-state index is 0. The summed E-state index contributed by atoms with van der Waals surface area (Å²) in [5.74, 6) is 5.27. The number of nitrogens with one attached hydrogen (secondary N) is 2. The fourth-order valence-corrected chi connectivity index (χ4v) is 6.30. The summed E-state index contributed by atoms with van der Waals surface area (Å²) < 4.78 is 5.56. The molecule has 3 rings (SSSR count). The van der Waals surface area contributed by atoms with Crippen LogP contribution in [0.15, 0.2) is 4.99 Å². The summed E-state index contributed by atoms with van der Waals surface area (Å²) in [6, 6.07) is 0. The maximum atomic E-state index is 5.56. The molecule has 0 spiro atoms. The Morgan fingerprint density at radius 1 is 1.26 bits per heavy atom. The standard InChI is InChI=1S/C20H38N4OS.HI/c1-17-4-3-5-18(14-17)6-8-22-19(21-2)23-15-20(7-13-26-16-20)24-9-11-25-12-10-24;/h17-18H,3-16H2,1-2H3,(H2,21,22,23);1H. The van der Waals surface area contributed by atoms with E-state index in [1.807, 2.05) is 7.05 Å². The molecule has 3 unspecified atom stereocenters. The highest BCUT2D eigenvalue weighted by Gasteiger charge is 2.40. The van der Waals surface area contributed by atoms with Crippen LogP contribution in [0.3, 0.4) is 0 Å². The van der Waals surface area contributed by atoms with Crippen LogP contribution >= 0.6 is 35.7 Å². The molecule has 2 heterocycles. The van der Waals surface area contributed by atoms with E-state index in [0.717, 1.165) is 57.2 Å². The van der Waals surface area contributed by atoms with Crippen molar-refractivity contribution >= 4 is 41.7 Å². The van der Waals surface area contributed by atoms with Gasteiger partial charge < -0.3 is 15.4 Å². The van der Waals surface area contributed by atoms with Gasteiger partial charge in [0.25, 0.3) is 0 Å². The number of nitrogens with zero attached hydrogens (tertiary/aromatic N) is 2. The third kappa shape index (κ3) is 6.93. The molecule has 1 saturated carbocycles. The van der Waals surface area contributed by atoms with Gasteiger partial charge in [0, 0.05) is 44.5 Å². The molecule has 3 aliphatic rings. The van der Waals surface area contributed by atoms with Gasteiger partial charge in [-0.05, 0) is 36.9 Å². The Balaban J connectivity index is 0.00000261. The molecular formula is C20H39IN4OS. The summed E-state index contributed by atoms with van der Waals surface area (Å²) in [6.07, 6.45) is 8.20. The van der Waals surface area contributed by atoms with Crippen LogP contribution in [0.4, 0.5) is 0 Å². The maximum absolute atomic E-state index is 5.56. The van der Waals surface area contributed by atoms with Crippen molar-refractivity contribution < 1.29 is 4.74 Å². The minimum Gasteiger partial charge on any atom is -0.379 e. The minimum atomic E-state index is 0. The first-order valence-electron chi connectivity index (χ1n) is 10.6. The first-order valence-corrected chi connectivity index (χ1v) is 11.7. The number of aliphatic imine (C=N–C) groups is 1. The highest BCUT2D eigenvalue weighted by atomic mass is 127. The van der Waals surface area contributed by atoms with Crippen LogP contribution in [0, 0.1) is 11.8 Å². The molecule has 0 aromatic rings. The quantitative estimate of drug-likeness (QED) is 0.327. The van der Waals surface area contributed by atoms with Crippen molar-refractivity contribution in [3.05, 3.63) is 0 Å². The molecule has 3 fully saturated rings. The van der Waals surface area contributed by atoms with E-state index in [1.165, 1.54) is 50.0 Å². The van der Waals surface area contributed by atoms with Gasteiger partial charge in [-0.15, -0.1) is 24.0 Å². The lowest BCUT2D eigenvalue weighted by molar-refractivity contribution is -0.0120. The van der Waals surface area contributed by atoms with Crippen LogP contribution in [0.5, 0.6) is 0 Å². The van der Waals surface area contributed by atoms with Gasteiger partial charge in [-0.3, -0.25) is 9.89 Å². The first-order chi connectivity index (χ1) is 12.7. The molecule has 2 saturated heterocycles. The molecule has 7 heteroatoms. The van der Waals surface area contributed by atoms with E-state index < -0.39 is 0 Å². The molecule has 0 aromatic carbocycles. The molecule has 2 aliphatic heterocycles. The van der Waals surface area contributed by atoms with Gasteiger partial charge in [0.1, 0.15) is 0 Å². The third-order valence-corrected chi connectivity index (χ3v) is 7.70. The fourth-order valence-electron chi connectivity index (χ4n) is 4.82. The van der Waals surface area contributed by atoms with Gasteiger partial charge >= 0.3 is 0 Å². The third-order valence-electron chi connectivity index (χ3n) is 6.46.